The molecule has 1 unspecified atom stereocenters. The van der Waals surface area contributed by atoms with Crippen LogP contribution >= 0.6 is 0 Å². The highest BCUT2D eigenvalue weighted by Gasteiger charge is 2.46. The van der Waals surface area contributed by atoms with Crippen LogP contribution in [0.15, 0.2) is 84.9 Å². The van der Waals surface area contributed by atoms with Crippen molar-refractivity contribution in [3.8, 4) is 0 Å². The summed E-state index contributed by atoms with van der Waals surface area (Å²) in [4.78, 5) is 11.8. The van der Waals surface area contributed by atoms with Crippen LogP contribution in [0.1, 0.15) is 22.3 Å². The van der Waals surface area contributed by atoms with Gasteiger partial charge in [0.1, 0.15) is 0 Å². The van der Waals surface area contributed by atoms with Gasteiger partial charge >= 0.3 is 5.97 Å². The molecule has 0 amide bonds. The van der Waals surface area contributed by atoms with Crippen LogP contribution in [0.5, 0.6) is 0 Å². The fourth-order valence-electron chi connectivity index (χ4n) is 3.36. The van der Waals surface area contributed by atoms with E-state index in [1.807, 2.05) is 67.6 Å². The van der Waals surface area contributed by atoms with E-state index in [1.54, 1.807) is 24.3 Å². The van der Waals surface area contributed by atoms with E-state index < -0.39 is 17.7 Å². The Kier molecular flexibility index (Phi) is 6.24. The van der Waals surface area contributed by atoms with Gasteiger partial charge in [-0.05, 0) is 30.0 Å². The van der Waals surface area contributed by atoms with E-state index in [9.17, 15) is 15.0 Å². The van der Waals surface area contributed by atoms with Crippen molar-refractivity contribution in [3.63, 3.8) is 0 Å². The quantitative estimate of drug-likeness (QED) is 0.625. The molecule has 1 atom stereocenters. The van der Waals surface area contributed by atoms with Crippen molar-refractivity contribution >= 4 is 5.97 Å². The maximum Gasteiger partial charge on any atom is 0.336 e. The van der Waals surface area contributed by atoms with E-state index in [2.05, 4.69) is 0 Å². The molecule has 0 aliphatic carbocycles. The van der Waals surface area contributed by atoms with Gasteiger partial charge in [0.25, 0.3) is 0 Å². The molecule has 0 aliphatic heterocycles. The molecule has 4 heteroatoms. The molecule has 4 nitrogen and oxygen atoms in total. The third kappa shape index (κ3) is 4.14. The SMILES string of the molecule is Cc1ccc(CCOC(c2ccccc2)(c2ccccc2)C(O)C(=O)O)cc1. The van der Waals surface area contributed by atoms with Crippen LogP contribution < -0.4 is 0 Å². The predicted octanol–water partition coefficient (Wildman–Crippen LogP) is 3.94. The third-order valence-electron chi connectivity index (χ3n) is 4.87. The van der Waals surface area contributed by atoms with Crippen molar-refractivity contribution in [2.45, 2.75) is 25.0 Å². The van der Waals surface area contributed by atoms with Gasteiger partial charge in [-0.2, -0.15) is 0 Å². The molecule has 0 aromatic heterocycles. The first-order valence-corrected chi connectivity index (χ1v) is 9.25. The van der Waals surface area contributed by atoms with Gasteiger partial charge in [0.2, 0.25) is 0 Å². The zero-order chi connectivity index (χ0) is 20.0. The lowest BCUT2D eigenvalue weighted by atomic mass is 9.81. The number of hydrogen-bond acceptors (Lipinski definition) is 3. The van der Waals surface area contributed by atoms with Crippen molar-refractivity contribution in [1.82, 2.24) is 0 Å². The summed E-state index contributed by atoms with van der Waals surface area (Å²) in [7, 11) is 0. The van der Waals surface area contributed by atoms with Crippen molar-refractivity contribution in [3.05, 3.63) is 107 Å². The number of aliphatic hydroxyl groups excluding tert-OH is 1. The van der Waals surface area contributed by atoms with E-state index >= 15 is 0 Å². The van der Waals surface area contributed by atoms with E-state index in [1.165, 1.54) is 5.56 Å². The maximum atomic E-state index is 11.8. The molecule has 3 rings (SSSR count). The van der Waals surface area contributed by atoms with Gasteiger partial charge in [-0.1, -0.05) is 90.5 Å². The lowest BCUT2D eigenvalue weighted by Crippen LogP contribution is -2.48. The molecule has 0 spiro atoms. The summed E-state index contributed by atoms with van der Waals surface area (Å²) in [6, 6.07) is 26.2. The van der Waals surface area contributed by atoms with Crippen LogP contribution in [0.2, 0.25) is 0 Å². The van der Waals surface area contributed by atoms with Crippen LogP contribution in [0, 0.1) is 6.92 Å². The molecule has 0 bridgehead atoms. The summed E-state index contributed by atoms with van der Waals surface area (Å²) in [6.45, 7) is 2.29. The number of carboxylic acids is 1. The second-order valence-electron chi connectivity index (χ2n) is 6.79. The topological polar surface area (TPSA) is 66.8 Å². The van der Waals surface area contributed by atoms with Crippen molar-refractivity contribution < 1.29 is 19.7 Å². The molecule has 0 radical (unpaired) electrons. The Morgan fingerprint density at radius 1 is 0.893 bits per heavy atom. The molecule has 0 fully saturated rings. The highest BCUT2D eigenvalue weighted by Crippen LogP contribution is 2.37. The average molecular weight is 376 g/mol. The smallest absolute Gasteiger partial charge is 0.336 e. The fourth-order valence-corrected chi connectivity index (χ4v) is 3.36. The van der Waals surface area contributed by atoms with E-state index in [0.29, 0.717) is 17.5 Å². The lowest BCUT2D eigenvalue weighted by molar-refractivity contribution is -0.167. The highest BCUT2D eigenvalue weighted by atomic mass is 16.5. The summed E-state index contributed by atoms with van der Waals surface area (Å²) in [5, 5.41) is 20.4. The molecule has 0 saturated carbocycles. The van der Waals surface area contributed by atoms with Crippen molar-refractivity contribution in [2.24, 2.45) is 0 Å². The van der Waals surface area contributed by atoms with E-state index in [-0.39, 0.29) is 6.61 Å². The molecule has 0 heterocycles. The number of aliphatic carboxylic acids is 1. The van der Waals surface area contributed by atoms with Crippen LogP contribution in [0.25, 0.3) is 0 Å². The zero-order valence-electron chi connectivity index (χ0n) is 15.8. The van der Waals surface area contributed by atoms with Gasteiger partial charge in [-0.3, -0.25) is 0 Å². The highest BCUT2D eigenvalue weighted by molar-refractivity contribution is 5.75. The van der Waals surface area contributed by atoms with Gasteiger partial charge in [0.05, 0.1) is 6.61 Å². The minimum Gasteiger partial charge on any atom is -0.479 e. The van der Waals surface area contributed by atoms with E-state index in [4.69, 9.17) is 4.74 Å². The second kappa shape index (κ2) is 8.83. The molecule has 28 heavy (non-hydrogen) atoms. The number of hydrogen-bond donors (Lipinski definition) is 2. The van der Waals surface area contributed by atoms with Gasteiger partial charge in [0, 0.05) is 0 Å². The van der Waals surface area contributed by atoms with Crippen molar-refractivity contribution in [2.75, 3.05) is 6.61 Å². The minimum atomic E-state index is -1.75. The van der Waals surface area contributed by atoms with Gasteiger partial charge in [-0.15, -0.1) is 0 Å². The van der Waals surface area contributed by atoms with E-state index in [0.717, 1.165) is 5.56 Å². The lowest BCUT2D eigenvalue weighted by Gasteiger charge is -2.37. The Morgan fingerprint density at radius 2 is 1.39 bits per heavy atom. The molecule has 2 N–H and O–H groups in total. The second-order valence-corrected chi connectivity index (χ2v) is 6.79. The summed E-state index contributed by atoms with van der Waals surface area (Å²) in [5.41, 5.74) is 1.96. The first kappa shape index (κ1) is 19.8. The van der Waals surface area contributed by atoms with Gasteiger partial charge in [-0.25, -0.2) is 4.79 Å². The molecule has 144 valence electrons. The number of benzene rings is 3. The molecule has 0 saturated heterocycles. The number of carboxylic acid groups (broad SMARTS) is 1. The Morgan fingerprint density at radius 3 is 1.86 bits per heavy atom. The number of carbonyl (C=O) groups is 1. The molecular weight excluding hydrogens is 352 g/mol. The maximum absolute atomic E-state index is 11.8. The zero-order valence-corrected chi connectivity index (χ0v) is 15.8. The number of aryl methyl sites for hydroxylation is 1. The summed E-state index contributed by atoms with van der Waals surface area (Å²) in [5.74, 6) is -1.33. The van der Waals surface area contributed by atoms with Crippen LogP contribution in [-0.2, 0) is 21.6 Å². The Hall–Kier alpha value is -2.95. The summed E-state index contributed by atoms with van der Waals surface area (Å²) in [6.07, 6.45) is -1.15. The van der Waals surface area contributed by atoms with Crippen LogP contribution in [0.4, 0.5) is 0 Å². The molecule has 3 aromatic rings. The van der Waals surface area contributed by atoms with Gasteiger partial charge < -0.3 is 14.9 Å². The fraction of sp³-hybridized carbons (Fsp3) is 0.208. The van der Waals surface area contributed by atoms with Crippen LogP contribution in [0.3, 0.4) is 0 Å². The predicted molar refractivity (Wildman–Crippen MR) is 108 cm³/mol. The first-order valence-electron chi connectivity index (χ1n) is 9.25. The Balaban J connectivity index is 1.99. The number of aliphatic hydroxyl groups is 1. The first-order chi connectivity index (χ1) is 13.5. The molecule has 3 aromatic carbocycles. The number of rotatable bonds is 8. The Labute approximate surface area is 165 Å². The summed E-state index contributed by atoms with van der Waals surface area (Å²) < 4.78 is 6.23. The van der Waals surface area contributed by atoms with Crippen molar-refractivity contribution in [1.29, 1.82) is 0 Å². The normalized spacial score (nSPS) is 12.5. The molecule has 0 aliphatic rings. The Bertz CT molecular complexity index is 849. The minimum absolute atomic E-state index is 0.261. The monoisotopic (exact) mass is 376 g/mol. The van der Waals surface area contributed by atoms with Crippen LogP contribution in [-0.4, -0.2) is 28.9 Å². The standard InChI is InChI=1S/C24H24O4/c1-18-12-14-19(15-13-18)16-17-28-24(22(25)23(26)27,20-8-4-2-5-9-20)21-10-6-3-7-11-21/h2-15,22,25H,16-17H2,1H3,(H,26,27). The largest absolute Gasteiger partial charge is 0.479 e. The van der Waals surface area contributed by atoms with Gasteiger partial charge in [0.15, 0.2) is 11.7 Å². The average Bonchev–Trinajstić information content (AvgIpc) is 2.73. The molecular formula is C24H24O4. The number of ether oxygens (including phenoxy) is 1. The summed E-state index contributed by atoms with van der Waals surface area (Å²) >= 11 is 0. The third-order valence-corrected chi connectivity index (χ3v) is 4.87.